The Morgan fingerprint density at radius 2 is 1.00 bits per heavy atom. The number of aromatic nitrogens is 8. The third-order valence-corrected chi connectivity index (χ3v) is 15.9. The fraction of sp³-hybridized carbons (Fsp3) is 0.422. The first-order valence-electron chi connectivity index (χ1n) is 28.7. The molecule has 0 radical (unpaired) electrons. The molecule has 4 aliphatic rings. The third-order valence-electron chi connectivity index (χ3n) is 14.8. The Balaban J connectivity index is 0.000000212. The van der Waals surface area contributed by atoms with Crippen LogP contribution in [-0.4, -0.2) is 92.1 Å². The molecular formula is C64H82BCl4IN12O7. The van der Waals surface area contributed by atoms with Gasteiger partial charge in [0.25, 0.3) is 0 Å². The minimum Gasteiger partial charge on any atom is -0.444 e. The van der Waals surface area contributed by atoms with Crippen LogP contribution in [0.3, 0.4) is 0 Å². The molecule has 0 spiro atoms. The molecule has 0 aromatic carbocycles. The number of nitrogens with zero attached hydrogens (tertiary/aromatic N) is 8. The van der Waals surface area contributed by atoms with Gasteiger partial charge in [-0.3, -0.25) is 19.7 Å². The number of alkyl carbamates (subject to hydrolysis) is 2. The number of rotatable bonds is 9. The fourth-order valence-electron chi connectivity index (χ4n) is 9.01. The summed E-state index contributed by atoms with van der Waals surface area (Å²) in [6, 6.07) is 23.9. The molecule has 25 heteroatoms. The maximum Gasteiger partial charge on any atom is 0.496 e. The smallest absolute Gasteiger partial charge is 0.444 e. The highest BCUT2D eigenvalue weighted by Crippen LogP contribution is 2.46. The fourth-order valence-corrected chi connectivity index (χ4v) is 9.33. The second-order valence-corrected chi connectivity index (χ2v) is 26.9. The Hall–Kier alpha value is -6.18. The number of pyridine rings is 6. The number of carbonyl (C=O) groups is 3. The molecule has 478 valence electrons. The summed E-state index contributed by atoms with van der Waals surface area (Å²) in [7, 11) is -0.363. The van der Waals surface area contributed by atoms with Crippen molar-refractivity contribution in [3.8, 4) is 22.3 Å². The van der Waals surface area contributed by atoms with Crippen LogP contribution in [0.2, 0.25) is 0 Å². The Morgan fingerprint density at radius 3 is 1.34 bits per heavy atom. The molecule has 12 rings (SSSR count). The van der Waals surface area contributed by atoms with Crippen LogP contribution < -0.4 is 27.6 Å². The van der Waals surface area contributed by atoms with Crippen molar-refractivity contribution in [2.24, 2.45) is 5.73 Å². The molecule has 4 fully saturated rings. The largest absolute Gasteiger partial charge is 0.496 e. The normalized spacial score (nSPS) is 16.3. The number of hydrogen-bond donors (Lipinski definition) is 4. The van der Waals surface area contributed by atoms with E-state index >= 15 is 0 Å². The number of fused-ring (bicyclic) bond motifs is 2. The van der Waals surface area contributed by atoms with E-state index in [2.05, 4.69) is 87.7 Å². The van der Waals surface area contributed by atoms with Gasteiger partial charge in [0.15, 0.2) is 0 Å². The van der Waals surface area contributed by atoms with E-state index in [1.54, 1.807) is 12.3 Å². The molecule has 8 aromatic heterocycles. The second-order valence-electron chi connectivity index (χ2n) is 25.4. The molecule has 0 unspecified atom stereocenters. The summed E-state index contributed by atoms with van der Waals surface area (Å²) in [6.07, 6.45) is 20.3. The van der Waals surface area contributed by atoms with Gasteiger partial charge in [0.05, 0.1) is 62.2 Å². The molecular weight excluding hydrogens is 1330 g/mol. The second kappa shape index (κ2) is 29.4. The van der Waals surface area contributed by atoms with Crippen LogP contribution >= 0.6 is 71.4 Å². The number of nitrogen functional groups attached to an aromatic ring is 1. The zero-order valence-electron chi connectivity index (χ0n) is 52.6. The predicted octanol–water partition coefficient (Wildman–Crippen LogP) is 13.1. The monoisotopic (exact) mass is 1410 g/mol. The third kappa shape index (κ3) is 19.9. The standard InChI is InChI=1S/C21H24N4O2.C16H16N4.C13H17IN2O2.C11H17BN2O2.C3H5ClO.3ClH/c1-14-12-25-13-16(6-8-18(25)23-14)15-5-7-17(22-11-15)21(9-10-21)24-19(26)27-20(2,3)4;1-11-9-20-10-13(3-5-15(20)19-11)12-2-4-14(18-8-12)16(17)6-7-16;1-12(2,3)18-11(17)16-13(6-7-13)10-5-4-9(14)8-15-10;1-10(2)11(3,4)16-12(15-10)8-5-6-9(13)14-7-8;1-3(5)2-4;;;/h5-8,11-13H,9-10H2,1-4H3,(H,24,26);2-5,8-10H,6-7,17H2,1H3;4-5,8H,6-7H2,1-3H3,(H,16,17);5-7H,1-4H3,(H2,13,14);2H2,1H3;3*1H. The van der Waals surface area contributed by atoms with Crippen LogP contribution in [0.25, 0.3) is 33.5 Å². The minimum atomic E-state index is -0.512. The highest BCUT2D eigenvalue weighted by Gasteiger charge is 2.52. The molecule has 1 aliphatic heterocycles. The van der Waals surface area contributed by atoms with Crippen LogP contribution in [0.1, 0.15) is 143 Å². The lowest BCUT2D eigenvalue weighted by molar-refractivity contribution is -0.114. The number of hydrogen-bond acceptors (Lipinski definition) is 15. The van der Waals surface area contributed by atoms with Gasteiger partial charge in [-0.1, -0.05) is 18.2 Å². The first kappa shape index (κ1) is 73.6. The Bertz CT molecular complexity index is 3660. The summed E-state index contributed by atoms with van der Waals surface area (Å²) in [5, 5.41) is 5.92. The van der Waals surface area contributed by atoms with E-state index in [0.29, 0.717) is 5.82 Å². The van der Waals surface area contributed by atoms with E-state index in [0.717, 1.165) is 110 Å². The topological polar surface area (TPSA) is 250 Å². The van der Waals surface area contributed by atoms with E-state index in [1.807, 2.05) is 177 Å². The van der Waals surface area contributed by atoms with Gasteiger partial charge < -0.3 is 49.7 Å². The molecule has 19 nitrogen and oxygen atoms in total. The number of ketones is 1. The molecule has 0 atom stereocenters. The lowest BCUT2D eigenvalue weighted by Gasteiger charge is -2.32. The van der Waals surface area contributed by atoms with Crippen molar-refractivity contribution in [1.82, 2.24) is 49.3 Å². The van der Waals surface area contributed by atoms with Gasteiger partial charge in [-0.25, -0.2) is 24.5 Å². The number of amides is 2. The van der Waals surface area contributed by atoms with Crippen molar-refractivity contribution < 1.29 is 33.2 Å². The molecule has 3 aliphatic carbocycles. The van der Waals surface area contributed by atoms with Gasteiger partial charge in [-0.15, -0.1) is 48.8 Å². The molecule has 2 amide bonds. The van der Waals surface area contributed by atoms with Crippen molar-refractivity contribution in [2.75, 3.05) is 11.6 Å². The molecule has 89 heavy (non-hydrogen) atoms. The van der Waals surface area contributed by atoms with Gasteiger partial charge in [-0.2, -0.15) is 0 Å². The number of Topliss-reactive ketones (excluding diaryl/α,β-unsaturated/α-hetero) is 1. The number of aryl methyl sites for hydroxylation is 2. The lowest BCUT2D eigenvalue weighted by Crippen LogP contribution is -2.41. The summed E-state index contributed by atoms with van der Waals surface area (Å²) in [4.78, 5) is 60.1. The zero-order chi connectivity index (χ0) is 62.6. The van der Waals surface area contributed by atoms with E-state index in [1.165, 1.54) is 6.92 Å². The molecule has 3 saturated carbocycles. The Labute approximate surface area is 559 Å². The van der Waals surface area contributed by atoms with Gasteiger partial charge in [-0.05, 0) is 217 Å². The highest BCUT2D eigenvalue weighted by molar-refractivity contribution is 14.1. The van der Waals surface area contributed by atoms with Crippen LogP contribution in [0, 0.1) is 17.4 Å². The average molecular weight is 1410 g/mol. The van der Waals surface area contributed by atoms with Crippen LogP contribution in [0.4, 0.5) is 15.4 Å². The maximum atomic E-state index is 12.1. The number of anilines is 1. The van der Waals surface area contributed by atoms with Crippen LogP contribution in [0.15, 0.2) is 122 Å². The molecule has 9 heterocycles. The highest BCUT2D eigenvalue weighted by atomic mass is 127. The van der Waals surface area contributed by atoms with E-state index in [9.17, 15) is 14.4 Å². The number of halogens is 5. The predicted molar refractivity (Wildman–Crippen MR) is 366 cm³/mol. The number of ether oxygens (including phenoxy) is 2. The zero-order valence-corrected chi connectivity index (χ0v) is 58.0. The number of nitrogens with two attached hydrogens (primary N) is 2. The van der Waals surface area contributed by atoms with Gasteiger partial charge >= 0.3 is 19.3 Å². The van der Waals surface area contributed by atoms with Gasteiger partial charge in [0.1, 0.15) is 34.1 Å². The van der Waals surface area contributed by atoms with Crippen LogP contribution in [0.5, 0.6) is 0 Å². The van der Waals surface area contributed by atoms with Gasteiger partial charge in [0.2, 0.25) is 0 Å². The van der Waals surface area contributed by atoms with Crippen molar-refractivity contribution >= 4 is 119 Å². The van der Waals surface area contributed by atoms with Crippen molar-refractivity contribution in [2.45, 2.75) is 168 Å². The minimum absolute atomic E-state index is 0. The molecule has 0 bridgehead atoms. The van der Waals surface area contributed by atoms with Crippen molar-refractivity contribution in [1.29, 1.82) is 0 Å². The molecule has 1 saturated heterocycles. The van der Waals surface area contributed by atoms with Crippen LogP contribution in [-0.2, 0) is 40.2 Å². The number of nitrogens with one attached hydrogen (secondary N) is 2. The van der Waals surface area contributed by atoms with Crippen molar-refractivity contribution in [3.63, 3.8) is 0 Å². The summed E-state index contributed by atoms with van der Waals surface area (Å²) < 4.78 is 27.6. The van der Waals surface area contributed by atoms with Crippen molar-refractivity contribution in [3.05, 3.63) is 154 Å². The average Bonchev–Trinajstić information content (AvgIpc) is 1.85. The Kier molecular flexibility index (Phi) is 24.3. The number of imidazole rings is 2. The summed E-state index contributed by atoms with van der Waals surface area (Å²) in [5.41, 5.74) is 21.1. The molecule has 8 aromatic rings. The molecule has 6 N–H and O–H groups in total. The van der Waals surface area contributed by atoms with Gasteiger partial charge in [0, 0.05) is 69.7 Å². The first-order chi connectivity index (χ1) is 40.3. The Morgan fingerprint density at radius 1 is 0.596 bits per heavy atom. The first-order valence-corrected chi connectivity index (χ1v) is 30.3. The summed E-state index contributed by atoms with van der Waals surface area (Å²) >= 11 is 7.20. The quantitative estimate of drug-likeness (QED) is 0.0596. The summed E-state index contributed by atoms with van der Waals surface area (Å²) in [6.45, 7) is 24.7. The maximum absolute atomic E-state index is 12.1. The SMILES string of the molecule is CC(=O)CCl.CC(C)(C)OC(=O)NC1(c2ccc(I)cn2)CC1.CC1(C)OB(c2ccc(N)nc2)OC1(C)C.Cc1cn2cc(-c3ccc(C4(N)CC4)nc3)ccc2n1.Cc1cn2cc(-c3ccc(C4(NC(=O)OC(C)(C)C)CC4)nc3)ccc2n1.Cl.Cl.Cl. The summed E-state index contributed by atoms with van der Waals surface area (Å²) in [5.74, 6) is 0.659. The number of carbonyl (C=O) groups excluding carboxylic acids is 3. The van der Waals surface area contributed by atoms with E-state index in [-0.39, 0.29) is 84.4 Å². The number of alkyl halides is 1. The van der Waals surface area contributed by atoms with E-state index < -0.39 is 22.8 Å². The lowest BCUT2D eigenvalue weighted by atomic mass is 9.80. The van der Waals surface area contributed by atoms with E-state index in [4.69, 9.17) is 41.9 Å².